The van der Waals surface area contributed by atoms with Crippen LogP contribution in [0.2, 0.25) is 0 Å². The molecule has 0 heterocycles. The molecule has 0 N–H and O–H groups in total. The topological polar surface area (TPSA) is 0 Å². The predicted molar refractivity (Wildman–Crippen MR) is 259 cm³/mol. The van der Waals surface area contributed by atoms with Gasteiger partial charge in [-0.05, 0) is 38.5 Å². The molecule has 0 unspecified atom stereocenters. The third-order valence-electron chi connectivity index (χ3n) is 2.83. The Hall–Kier alpha value is -3.12. The van der Waals surface area contributed by atoms with Crippen LogP contribution < -0.4 is 0 Å². The van der Waals surface area contributed by atoms with Gasteiger partial charge in [0.15, 0.2) is 0 Å². The molecule has 4 saturated carbocycles. The lowest BCUT2D eigenvalue weighted by molar-refractivity contribution is 0.667. The number of rotatable bonds is 0. The van der Waals surface area contributed by atoms with Gasteiger partial charge in [0.25, 0.3) is 0 Å². The van der Waals surface area contributed by atoms with Crippen molar-refractivity contribution >= 4 is 0 Å². The van der Waals surface area contributed by atoms with Crippen LogP contribution in [0.15, 0.2) is 156 Å². The van der Waals surface area contributed by atoms with E-state index in [9.17, 15) is 0 Å². The molecule has 48 heavy (non-hydrogen) atoms. The standard InChI is InChI=1S/2C5H8.2C3H6.4C2H6.10C2H4.4CH4/c2*1-5-3-2-4-5;2*1-2-3-1;14*1-2;;;;/h2*1-4H2;2*1-3H2;4*1-2H3;10*1-2H2;4*1H4. The maximum absolute atomic E-state index is 3.76. The van der Waals surface area contributed by atoms with Gasteiger partial charge in [0.1, 0.15) is 0 Å². The quantitative estimate of drug-likeness (QED) is 0.223. The van der Waals surface area contributed by atoms with Crippen LogP contribution in [0.4, 0.5) is 0 Å². The van der Waals surface area contributed by atoms with Crippen molar-refractivity contribution in [2.45, 2.75) is 162 Å². The Morgan fingerprint density at radius 3 is 0.292 bits per heavy atom. The van der Waals surface area contributed by atoms with Crippen molar-refractivity contribution in [3.63, 3.8) is 0 Å². The zero-order valence-corrected chi connectivity index (χ0v) is 33.0. The van der Waals surface area contributed by atoms with E-state index in [1.54, 1.807) is 0 Å². The van der Waals surface area contributed by atoms with E-state index >= 15 is 0 Å². The molecule has 0 spiro atoms. The molecule has 0 aromatic carbocycles. The van der Waals surface area contributed by atoms with Crippen molar-refractivity contribution in [3.05, 3.63) is 156 Å². The van der Waals surface area contributed by atoms with Crippen LogP contribution in [0.1, 0.15) is 162 Å². The van der Waals surface area contributed by atoms with Crippen molar-refractivity contribution in [1.29, 1.82) is 0 Å². The first-order chi connectivity index (χ1) is 21.8. The normalized spacial score (nSPS) is 8.92. The summed E-state index contributed by atoms with van der Waals surface area (Å²) in [4.78, 5) is 0. The summed E-state index contributed by atoms with van der Waals surface area (Å²) in [5.41, 5.74) is 2.87. The summed E-state index contributed by atoms with van der Waals surface area (Å²) in [6, 6.07) is 0. The van der Waals surface area contributed by atoms with Gasteiger partial charge in [0.2, 0.25) is 0 Å². The molecule has 4 aliphatic carbocycles. The molecule has 0 aliphatic heterocycles. The zero-order valence-electron chi connectivity index (χ0n) is 33.0. The molecule has 0 amide bonds. The second kappa shape index (κ2) is 364. The third-order valence-corrected chi connectivity index (χ3v) is 2.83. The summed E-state index contributed by atoms with van der Waals surface area (Å²) < 4.78 is 0. The highest BCUT2D eigenvalue weighted by atomic mass is 14.1. The minimum absolute atomic E-state index is 0. The van der Waals surface area contributed by atoms with Crippen LogP contribution in [0.5, 0.6) is 0 Å². The van der Waals surface area contributed by atoms with Crippen LogP contribution in [0, 0.1) is 0 Å². The van der Waals surface area contributed by atoms with Crippen molar-refractivity contribution < 1.29 is 0 Å². The Morgan fingerprint density at radius 2 is 0.292 bits per heavy atom. The number of allylic oxidation sites excluding steroid dienone is 2. The van der Waals surface area contributed by atoms with E-state index in [0.29, 0.717) is 0 Å². The number of hydrogen-bond acceptors (Lipinski definition) is 0. The smallest absolute Gasteiger partial charge is 0.0320 e. The maximum Gasteiger partial charge on any atom is -0.0320 e. The predicted octanol–water partition coefficient (Wildman–Crippen LogP) is 20.5. The second-order valence-electron chi connectivity index (χ2n) is 5.33. The van der Waals surface area contributed by atoms with E-state index in [4.69, 9.17) is 0 Å². The lowest BCUT2D eigenvalue weighted by atomic mass is 9.95. The molecule has 4 rings (SSSR count). The van der Waals surface area contributed by atoms with Crippen molar-refractivity contribution in [3.8, 4) is 0 Å². The minimum Gasteiger partial charge on any atom is -0.106 e. The van der Waals surface area contributed by atoms with Gasteiger partial charge in [-0.25, -0.2) is 0 Å². The average Bonchev–Trinajstić information content (AvgIpc) is 4.07. The lowest BCUT2D eigenvalue weighted by Crippen LogP contribution is -1.92. The molecule has 0 aromatic heterocycles. The Labute approximate surface area is 317 Å². The molecule has 0 heteroatoms. The van der Waals surface area contributed by atoms with Crippen molar-refractivity contribution in [2.24, 2.45) is 0 Å². The highest BCUT2D eigenvalue weighted by molar-refractivity contribution is 5.02. The molecular formula is C48H108. The Balaban J connectivity index is -0.0000000126. The van der Waals surface area contributed by atoms with E-state index < -0.39 is 0 Å². The van der Waals surface area contributed by atoms with E-state index in [1.165, 1.54) is 88.2 Å². The van der Waals surface area contributed by atoms with E-state index in [0.717, 1.165) is 0 Å². The molecule has 0 saturated heterocycles. The van der Waals surface area contributed by atoms with E-state index in [1.807, 2.05) is 55.4 Å². The Kier molecular flexibility index (Phi) is 908. The van der Waals surface area contributed by atoms with Crippen molar-refractivity contribution in [2.75, 3.05) is 0 Å². The first-order valence-corrected chi connectivity index (χ1v) is 16.1. The zero-order chi connectivity index (χ0) is 39.6. The molecule has 4 fully saturated rings. The number of hydrogen-bond donors (Lipinski definition) is 0. The SMILES string of the molecule is C.C.C.C.C1CC1.C1CC1.C=C.C=C.C=C.C=C.C=C.C=C.C=C.C=C.C=C.C=C.C=C1CCC1.C=C1CCC1.CC.CC.CC.CC. The summed E-state index contributed by atoms with van der Waals surface area (Å²) in [6.07, 6.45) is 16.9. The van der Waals surface area contributed by atoms with Gasteiger partial charge in [-0.15, -0.1) is 132 Å². The molecule has 0 nitrogen and oxygen atoms in total. The van der Waals surface area contributed by atoms with Gasteiger partial charge in [-0.2, -0.15) is 0 Å². The van der Waals surface area contributed by atoms with Crippen LogP contribution in [0.3, 0.4) is 0 Å². The van der Waals surface area contributed by atoms with Gasteiger partial charge in [0, 0.05) is 0 Å². The lowest BCUT2D eigenvalue weighted by Gasteiger charge is -2.11. The van der Waals surface area contributed by atoms with E-state index in [-0.39, 0.29) is 29.7 Å². The molecule has 0 bridgehead atoms. The highest BCUT2D eigenvalue weighted by Gasteiger charge is 2.02. The Morgan fingerprint density at radius 1 is 0.229 bits per heavy atom. The average molecular weight is 685 g/mol. The monoisotopic (exact) mass is 685 g/mol. The fraction of sp³-hybridized carbons (Fsp3) is 0.500. The van der Waals surface area contributed by atoms with Crippen LogP contribution in [0.25, 0.3) is 0 Å². The fourth-order valence-corrected chi connectivity index (χ4v) is 0.854. The van der Waals surface area contributed by atoms with Gasteiger partial charge in [-0.1, -0.05) is 148 Å². The Bertz CT molecular complexity index is 259. The van der Waals surface area contributed by atoms with Gasteiger partial charge in [-0.3, -0.25) is 0 Å². The van der Waals surface area contributed by atoms with Crippen LogP contribution in [-0.2, 0) is 0 Å². The van der Waals surface area contributed by atoms with Crippen LogP contribution >= 0.6 is 0 Å². The van der Waals surface area contributed by atoms with Crippen molar-refractivity contribution in [1.82, 2.24) is 0 Å². The molecule has 0 atom stereocenters. The molecular weight excluding hydrogens is 577 g/mol. The highest BCUT2D eigenvalue weighted by Crippen LogP contribution is 2.22. The molecule has 4 aliphatic rings. The summed E-state index contributed by atoms with van der Waals surface area (Å²) in [6.45, 7) is 83.5. The maximum atomic E-state index is 3.76. The summed E-state index contributed by atoms with van der Waals surface area (Å²) in [5.74, 6) is 0. The van der Waals surface area contributed by atoms with Crippen LogP contribution in [-0.4, -0.2) is 0 Å². The minimum atomic E-state index is 0. The van der Waals surface area contributed by atoms with Gasteiger partial charge in [0.05, 0.1) is 0 Å². The first-order valence-electron chi connectivity index (χ1n) is 16.1. The third kappa shape index (κ3) is 635. The first kappa shape index (κ1) is 120. The van der Waals surface area contributed by atoms with Gasteiger partial charge >= 0.3 is 0 Å². The fourth-order valence-electron chi connectivity index (χ4n) is 0.854. The molecule has 0 radical (unpaired) electrons. The molecule has 300 valence electrons. The van der Waals surface area contributed by atoms with Gasteiger partial charge < -0.3 is 0 Å². The summed E-state index contributed by atoms with van der Waals surface area (Å²) in [5, 5.41) is 0. The van der Waals surface area contributed by atoms with E-state index in [2.05, 4.69) is 145 Å². The molecule has 0 aromatic rings. The second-order valence-corrected chi connectivity index (χ2v) is 5.33. The summed E-state index contributed by atoms with van der Waals surface area (Å²) >= 11 is 0. The largest absolute Gasteiger partial charge is 0.106 e. The summed E-state index contributed by atoms with van der Waals surface area (Å²) in [7, 11) is 0.